The van der Waals surface area contributed by atoms with Crippen LogP contribution in [0.15, 0.2) is 59.4 Å². The van der Waals surface area contributed by atoms with E-state index >= 15 is 0 Å². The SMILES string of the molecule is Cc1cc(=O)nc2c3ccccc3n(C(C)C(=O)Nc3ccc(C(C)C)cc3)n12. The number of para-hydroxylation sites is 1. The fourth-order valence-corrected chi connectivity index (χ4v) is 3.70. The third kappa shape index (κ3) is 3.31. The predicted molar refractivity (Wildman–Crippen MR) is 116 cm³/mol. The van der Waals surface area contributed by atoms with Crippen LogP contribution in [0.25, 0.3) is 16.6 Å². The molecule has 6 heteroatoms. The number of nitrogens with one attached hydrogen (secondary N) is 1. The second-order valence-corrected chi connectivity index (χ2v) is 7.67. The van der Waals surface area contributed by atoms with Crippen LogP contribution < -0.4 is 10.9 Å². The molecule has 2 aromatic heterocycles. The minimum absolute atomic E-state index is 0.136. The molecular formula is C23H24N4O2. The summed E-state index contributed by atoms with van der Waals surface area (Å²) in [6.07, 6.45) is 0. The van der Waals surface area contributed by atoms with E-state index in [0.717, 1.165) is 22.3 Å². The largest absolute Gasteiger partial charge is 0.324 e. The van der Waals surface area contributed by atoms with Crippen LogP contribution in [0.4, 0.5) is 5.69 Å². The monoisotopic (exact) mass is 388 g/mol. The van der Waals surface area contributed by atoms with Crippen LogP contribution >= 0.6 is 0 Å². The molecule has 1 atom stereocenters. The molecule has 2 heterocycles. The normalized spacial score (nSPS) is 12.6. The van der Waals surface area contributed by atoms with Gasteiger partial charge in [0, 0.05) is 22.8 Å². The maximum Gasteiger partial charge on any atom is 0.273 e. The van der Waals surface area contributed by atoms with Crippen molar-refractivity contribution in [3.63, 3.8) is 0 Å². The molecule has 4 aromatic rings. The number of carbonyl (C=O) groups is 1. The van der Waals surface area contributed by atoms with E-state index in [4.69, 9.17) is 0 Å². The summed E-state index contributed by atoms with van der Waals surface area (Å²) < 4.78 is 3.74. The van der Waals surface area contributed by atoms with Crippen molar-refractivity contribution < 1.29 is 4.79 Å². The van der Waals surface area contributed by atoms with Crippen molar-refractivity contribution in [1.29, 1.82) is 0 Å². The zero-order chi connectivity index (χ0) is 20.7. The van der Waals surface area contributed by atoms with Gasteiger partial charge in [0.2, 0.25) is 5.91 Å². The van der Waals surface area contributed by atoms with Gasteiger partial charge in [-0.15, -0.1) is 0 Å². The summed E-state index contributed by atoms with van der Waals surface area (Å²) in [5.74, 6) is 0.303. The highest BCUT2D eigenvalue weighted by Crippen LogP contribution is 2.26. The lowest BCUT2D eigenvalue weighted by Gasteiger charge is -2.18. The first-order valence-corrected chi connectivity index (χ1v) is 9.77. The number of nitrogens with zero attached hydrogens (tertiary/aromatic N) is 3. The van der Waals surface area contributed by atoms with Gasteiger partial charge >= 0.3 is 0 Å². The molecule has 1 amide bonds. The summed E-state index contributed by atoms with van der Waals surface area (Å²) in [7, 11) is 0. The molecule has 4 rings (SSSR count). The zero-order valence-electron chi connectivity index (χ0n) is 17.0. The lowest BCUT2D eigenvalue weighted by Crippen LogP contribution is -2.27. The second kappa shape index (κ2) is 7.20. The summed E-state index contributed by atoms with van der Waals surface area (Å²) in [5, 5.41) is 3.84. The highest BCUT2D eigenvalue weighted by atomic mass is 16.2. The summed E-state index contributed by atoms with van der Waals surface area (Å²) in [6, 6.07) is 16.6. The van der Waals surface area contributed by atoms with Gasteiger partial charge in [-0.25, -0.2) is 4.52 Å². The number of hydrogen-bond acceptors (Lipinski definition) is 3. The van der Waals surface area contributed by atoms with Crippen LogP contribution in [0.5, 0.6) is 0 Å². The summed E-state index contributed by atoms with van der Waals surface area (Å²) in [4.78, 5) is 29.2. The van der Waals surface area contributed by atoms with Gasteiger partial charge in [0.05, 0.1) is 5.52 Å². The van der Waals surface area contributed by atoms with Crippen molar-refractivity contribution in [3.05, 3.63) is 76.2 Å². The lowest BCUT2D eigenvalue weighted by molar-refractivity contribution is -0.119. The van der Waals surface area contributed by atoms with Crippen molar-refractivity contribution in [1.82, 2.24) is 14.2 Å². The number of aryl methyl sites for hydroxylation is 1. The van der Waals surface area contributed by atoms with Crippen LogP contribution in [-0.4, -0.2) is 20.1 Å². The average Bonchev–Trinajstić information content (AvgIpc) is 3.02. The molecule has 0 aliphatic rings. The van der Waals surface area contributed by atoms with Crippen molar-refractivity contribution >= 4 is 28.1 Å². The first kappa shape index (κ1) is 18.9. The van der Waals surface area contributed by atoms with Crippen molar-refractivity contribution in [2.24, 2.45) is 0 Å². The zero-order valence-corrected chi connectivity index (χ0v) is 17.0. The van der Waals surface area contributed by atoms with Gasteiger partial charge in [-0.05, 0) is 49.6 Å². The van der Waals surface area contributed by atoms with Crippen LogP contribution in [0.2, 0.25) is 0 Å². The highest BCUT2D eigenvalue weighted by molar-refractivity contribution is 5.97. The van der Waals surface area contributed by atoms with E-state index in [1.54, 1.807) is 0 Å². The maximum absolute atomic E-state index is 13.1. The quantitative estimate of drug-likeness (QED) is 0.567. The van der Waals surface area contributed by atoms with Crippen molar-refractivity contribution in [2.45, 2.75) is 39.7 Å². The van der Waals surface area contributed by atoms with Crippen LogP contribution in [-0.2, 0) is 4.79 Å². The van der Waals surface area contributed by atoms with Crippen molar-refractivity contribution in [2.75, 3.05) is 5.32 Å². The van der Waals surface area contributed by atoms with Gasteiger partial charge in [0.15, 0.2) is 5.65 Å². The van der Waals surface area contributed by atoms with Crippen LogP contribution in [0.3, 0.4) is 0 Å². The Balaban J connectivity index is 1.77. The molecule has 0 saturated heterocycles. The van der Waals surface area contributed by atoms with E-state index in [1.807, 2.05) is 71.6 Å². The Labute approximate surface area is 168 Å². The molecular weight excluding hydrogens is 364 g/mol. The minimum atomic E-state index is -0.509. The molecule has 0 bridgehead atoms. The third-order valence-corrected chi connectivity index (χ3v) is 5.28. The van der Waals surface area contributed by atoms with Gasteiger partial charge < -0.3 is 5.32 Å². The fraction of sp³-hybridized carbons (Fsp3) is 0.261. The number of amides is 1. The molecule has 0 aliphatic heterocycles. The Hall–Kier alpha value is -3.41. The molecule has 0 fully saturated rings. The van der Waals surface area contributed by atoms with E-state index < -0.39 is 6.04 Å². The molecule has 1 unspecified atom stereocenters. The average molecular weight is 388 g/mol. The maximum atomic E-state index is 13.1. The molecule has 0 saturated carbocycles. The van der Waals surface area contributed by atoms with Gasteiger partial charge in [-0.2, -0.15) is 4.98 Å². The van der Waals surface area contributed by atoms with Crippen LogP contribution in [0.1, 0.15) is 44.0 Å². The minimum Gasteiger partial charge on any atom is -0.324 e. The standard InChI is InChI=1S/C23H24N4O2/c1-14(2)17-9-11-18(12-10-17)24-23(29)16(4)27-20-8-6-5-7-19(20)22-25-21(28)13-15(3)26(22)27/h5-14,16H,1-4H3,(H,24,29). The van der Waals surface area contributed by atoms with E-state index in [9.17, 15) is 9.59 Å². The molecule has 0 spiro atoms. The van der Waals surface area contributed by atoms with E-state index in [0.29, 0.717) is 11.6 Å². The lowest BCUT2D eigenvalue weighted by atomic mass is 10.0. The Morgan fingerprint density at radius 2 is 1.72 bits per heavy atom. The number of rotatable bonds is 4. The summed E-state index contributed by atoms with van der Waals surface area (Å²) >= 11 is 0. The number of hydrogen-bond donors (Lipinski definition) is 1. The van der Waals surface area contributed by atoms with Crippen LogP contribution in [0, 0.1) is 6.92 Å². The van der Waals surface area contributed by atoms with E-state index in [-0.39, 0.29) is 11.5 Å². The van der Waals surface area contributed by atoms with Crippen molar-refractivity contribution in [3.8, 4) is 0 Å². The molecule has 2 aromatic carbocycles. The fourth-order valence-electron chi connectivity index (χ4n) is 3.70. The number of anilines is 1. The van der Waals surface area contributed by atoms with E-state index in [2.05, 4.69) is 24.1 Å². The number of aromatic nitrogens is 3. The molecule has 0 aliphatic carbocycles. The topological polar surface area (TPSA) is 68.4 Å². The van der Waals surface area contributed by atoms with Gasteiger partial charge in [0.25, 0.3) is 5.56 Å². The molecule has 6 nitrogen and oxygen atoms in total. The Morgan fingerprint density at radius 3 is 2.41 bits per heavy atom. The molecule has 29 heavy (non-hydrogen) atoms. The Kier molecular flexibility index (Phi) is 4.70. The second-order valence-electron chi connectivity index (χ2n) is 7.67. The number of fused-ring (bicyclic) bond motifs is 3. The predicted octanol–water partition coefficient (Wildman–Crippen LogP) is 4.28. The summed E-state index contributed by atoms with van der Waals surface area (Å²) in [6.45, 7) is 7.97. The number of benzene rings is 2. The highest BCUT2D eigenvalue weighted by Gasteiger charge is 2.22. The van der Waals surface area contributed by atoms with Gasteiger partial charge in [-0.3, -0.25) is 14.3 Å². The van der Waals surface area contributed by atoms with Gasteiger partial charge in [-0.1, -0.05) is 38.1 Å². The summed E-state index contributed by atoms with van der Waals surface area (Å²) in [5.41, 5.74) is 3.85. The molecule has 1 N–H and O–H groups in total. The number of carbonyl (C=O) groups excluding carboxylic acids is 1. The first-order valence-electron chi connectivity index (χ1n) is 9.77. The Morgan fingerprint density at radius 1 is 1.03 bits per heavy atom. The first-order chi connectivity index (χ1) is 13.9. The third-order valence-electron chi connectivity index (χ3n) is 5.28. The van der Waals surface area contributed by atoms with Gasteiger partial charge in [0.1, 0.15) is 6.04 Å². The molecule has 0 radical (unpaired) electrons. The van der Waals surface area contributed by atoms with E-state index in [1.165, 1.54) is 11.6 Å². The Bertz CT molecular complexity index is 1270. The smallest absolute Gasteiger partial charge is 0.273 e. The molecule has 148 valence electrons.